The van der Waals surface area contributed by atoms with Crippen molar-refractivity contribution >= 4 is 46.8 Å². The number of hydrogen-bond acceptors (Lipinski definition) is 3. The highest BCUT2D eigenvalue weighted by atomic mass is 35.5. The highest BCUT2D eigenvalue weighted by Gasteiger charge is 2.26. The molecule has 8 heteroatoms. The molecule has 0 saturated heterocycles. The molecule has 0 fully saturated rings. The fraction of sp³-hybridized carbons (Fsp3) is 0.391. The summed E-state index contributed by atoms with van der Waals surface area (Å²) in [4.78, 5) is 27.0. The van der Waals surface area contributed by atoms with E-state index < -0.39 is 11.9 Å². The minimum Gasteiger partial charge on any atom is -0.354 e. The van der Waals surface area contributed by atoms with Gasteiger partial charge in [0.1, 0.15) is 11.9 Å². The fourth-order valence-corrected chi connectivity index (χ4v) is 4.57. The van der Waals surface area contributed by atoms with Gasteiger partial charge in [-0.25, -0.2) is 4.39 Å². The van der Waals surface area contributed by atoms with Gasteiger partial charge in [0.2, 0.25) is 11.8 Å². The lowest BCUT2D eigenvalue weighted by atomic mass is 10.1. The van der Waals surface area contributed by atoms with Gasteiger partial charge < -0.3 is 10.2 Å². The van der Waals surface area contributed by atoms with Crippen LogP contribution in [0.3, 0.4) is 0 Å². The predicted octanol–water partition coefficient (Wildman–Crippen LogP) is 5.70. The molecule has 2 aromatic rings. The summed E-state index contributed by atoms with van der Waals surface area (Å²) >= 11 is 13.7. The largest absolute Gasteiger partial charge is 0.354 e. The number of rotatable bonds is 11. The van der Waals surface area contributed by atoms with E-state index in [9.17, 15) is 14.0 Å². The average molecular weight is 485 g/mol. The van der Waals surface area contributed by atoms with E-state index in [0.29, 0.717) is 27.9 Å². The smallest absolute Gasteiger partial charge is 0.242 e. The van der Waals surface area contributed by atoms with Crippen LogP contribution < -0.4 is 5.32 Å². The quantitative estimate of drug-likeness (QED) is 0.416. The van der Waals surface area contributed by atoms with Crippen LogP contribution in [0.1, 0.15) is 37.8 Å². The molecule has 0 bridgehead atoms. The van der Waals surface area contributed by atoms with Crippen LogP contribution in [0.4, 0.5) is 4.39 Å². The van der Waals surface area contributed by atoms with E-state index in [1.165, 1.54) is 22.7 Å². The van der Waals surface area contributed by atoms with Crippen molar-refractivity contribution < 1.29 is 14.0 Å². The third-order valence-electron chi connectivity index (χ3n) is 4.83. The molecule has 4 nitrogen and oxygen atoms in total. The van der Waals surface area contributed by atoms with E-state index in [1.54, 1.807) is 43.3 Å². The van der Waals surface area contributed by atoms with Gasteiger partial charge >= 0.3 is 0 Å². The van der Waals surface area contributed by atoms with Gasteiger partial charge in [0.25, 0.3) is 0 Å². The van der Waals surface area contributed by atoms with Crippen molar-refractivity contribution in [2.45, 2.75) is 45.0 Å². The van der Waals surface area contributed by atoms with Crippen LogP contribution in [-0.2, 0) is 21.9 Å². The first-order valence-corrected chi connectivity index (χ1v) is 12.1. The number of nitrogens with one attached hydrogen (secondary N) is 1. The molecule has 2 rings (SSSR count). The van der Waals surface area contributed by atoms with Crippen LogP contribution in [0.15, 0.2) is 42.5 Å². The Morgan fingerprint density at radius 3 is 2.45 bits per heavy atom. The van der Waals surface area contributed by atoms with Crippen LogP contribution in [0.5, 0.6) is 0 Å². The first-order chi connectivity index (χ1) is 14.8. The molecular weight excluding hydrogens is 458 g/mol. The first-order valence-electron chi connectivity index (χ1n) is 10.2. The lowest BCUT2D eigenvalue weighted by molar-refractivity contribution is -0.138. The normalized spacial score (nSPS) is 11.8. The summed E-state index contributed by atoms with van der Waals surface area (Å²) in [6.07, 6.45) is 1.81. The van der Waals surface area contributed by atoms with Crippen molar-refractivity contribution in [3.63, 3.8) is 0 Å². The van der Waals surface area contributed by atoms with Crippen molar-refractivity contribution in [3.05, 3.63) is 69.5 Å². The molecule has 2 aromatic carbocycles. The Hall–Kier alpha value is -1.76. The Morgan fingerprint density at radius 2 is 1.81 bits per heavy atom. The first kappa shape index (κ1) is 25.5. The molecule has 1 unspecified atom stereocenters. The molecule has 0 radical (unpaired) electrons. The molecule has 0 aliphatic carbocycles. The number of carbonyl (C=O) groups excluding carboxylic acids is 2. The second-order valence-electron chi connectivity index (χ2n) is 7.13. The second kappa shape index (κ2) is 12.9. The summed E-state index contributed by atoms with van der Waals surface area (Å²) in [5.41, 5.74) is 1.12. The highest BCUT2D eigenvalue weighted by molar-refractivity contribution is 7.99. The van der Waals surface area contributed by atoms with E-state index in [1.807, 2.05) is 6.92 Å². The van der Waals surface area contributed by atoms with E-state index in [4.69, 9.17) is 23.2 Å². The Morgan fingerprint density at radius 1 is 1.13 bits per heavy atom. The zero-order valence-corrected chi connectivity index (χ0v) is 20.0. The van der Waals surface area contributed by atoms with Gasteiger partial charge in [-0.2, -0.15) is 0 Å². The number of carbonyl (C=O) groups is 2. The maximum Gasteiger partial charge on any atom is 0.242 e. The molecule has 0 aliphatic heterocycles. The third-order valence-corrected chi connectivity index (χ3v) is 6.48. The summed E-state index contributed by atoms with van der Waals surface area (Å²) in [7, 11) is 0. The Labute approximate surface area is 197 Å². The topological polar surface area (TPSA) is 49.4 Å². The molecule has 31 heavy (non-hydrogen) atoms. The molecule has 0 saturated carbocycles. The van der Waals surface area contributed by atoms with Crippen LogP contribution in [0.2, 0.25) is 10.0 Å². The molecule has 168 valence electrons. The molecule has 1 N–H and O–H groups in total. The van der Waals surface area contributed by atoms with Gasteiger partial charge in [0, 0.05) is 34.5 Å². The summed E-state index contributed by atoms with van der Waals surface area (Å²) in [5.74, 6) is -0.349. The molecule has 2 amide bonds. The van der Waals surface area contributed by atoms with Gasteiger partial charge in [-0.15, -0.1) is 11.8 Å². The molecule has 1 atom stereocenters. The van der Waals surface area contributed by atoms with Gasteiger partial charge in [-0.05, 0) is 37.1 Å². The SMILES string of the molecule is CCCCNC(=O)C(C)N(Cc1ccccc1F)C(=O)CSCc1c(Cl)cccc1Cl. The number of benzene rings is 2. The summed E-state index contributed by atoms with van der Waals surface area (Å²) in [5, 5.41) is 3.93. The summed E-state index contributed by atoms with van der Waals surface area (Å²) < 4.78 is 14.2. The van der Waals surface area contributed by atoms with Crippen molar-refractivity contribution in [2.75, 3.05) is 12.3 Å². The molecular formula is C23H27Cl2FN2O2S. The Balaban J connectivity index is 2.09. The number of unbranched alkanes of at least 4 members (excludes halogenated alkanes) is 1. The van der Waals surface area contributed by atoms with Crippen LogP contribution in [0.25, 0.3) is 0 Å². The fourth-order valence-electron chi connectivity index (χ4n) is 2.92. The highest BCUT2D eigenvalue weighted by Crippen LogP contribution is 2.28. The Bertz CT molecular complexity index is 877. The number of hydrogen-bond donors (Lipinski definition) is 1. The molecule has 0 aromatic heterocycles. The Kier molecular flexibility index (Phi) is 10.6. The van der Waals surface area contributed by atoms with Crippen molar-refractivity contribution in [3.8, 4) is 0 Å². The van der Waals surface area contributed by atoms with Crippen LogP contribution >= 0.6 is 35.0 Å². The molecule has 0 spiro atoms. The van der Waals surface area contributed by atoms with Crippen molar-refractivity contribution in [1.82, 2.24) is 10.2 Å². The third kappa shape index (κ3) is 7.70. The number of halogens is 3. The number of nitrogens with zero attached hydrogens (tertiary/aromatic N) is 1. The van der Waals surface area contributed by atoms with E-state index in [0.717, 1.165) is 18.4 Å². The average Bonchev–Trinajstić information content (AvgIpc) is 2.74. The maximum atomic E-state index is 14.2. The standard InChI is InChI=1S/C23H27Cl2FN2O2S/c1-3-4-12-27-23(30)16(2)28(13-17-8-5-6-11-21(17)26)22(29)15-31-14-18-19(24)9-7-10-20(18)25/h5-11,16H,3-4,12-15H2,1-2H3,(H,27,30). The monoisotopic (exact) mass is 484 g/mol. The predicted molar refractivity (Wildman–Crippen MR) is 127 cm³/mol. The zero-order chi connectivity index (χ0) is 22.8. The lowest BCUT2D eigenvalue weighted by Crippen LogP contribution is -2.48. The van der Waals surface area contributed by atoms with Crippen LogP contribution in [0, 0.1) is 5.82 Å². The minimum absolute atomic E-state index is 0.0152. The maximum absolute atomic E-state index is 14.2. The van der Waals surface area contributed by atoms with E-state index >= 15 is 0 Å². The molecule has 0 aliphatic rings. The summed E-state index contributed by atoms with van der Waals surface area (Å²) in [6, 6.07) is 10.8. The summed E-state index contributed by atoms with van der Waals surface area (Å²) in [6.45, 7) is 4.25. The van der Waals surface area contributed by atoms with Crippen LogP contribution in [-0.4, -0.2) is 35.1 Å². The number of amides is 2. The zero-order valence-electron chi connectivity index (χ0n) is 17.7. The second-order valence-corrected chi connectivity index (χ2v) is 8.93. The van der Waals surface area contributed by atoms with Crippen molar-refractivity contribution in [1.29, 1.82) is 0 Å². The lowest BCUT2D eigenvalue weighted by Gasteiger charge is -2.29. The van der Waals surface area contributed by atoms with Gasteiger partial charge in [0.05, 0.1) is 5.75 Å². The number of thioether (sulfide) groups is 1. The van der Waals surface area contributed by atoms with Gasteiger partial charge in [0.15, 0.2) is 0 Å². The van der Waals surface area contributed by atoms with Gasteiger partial charge in [-0.3, -0.25) is 9.59 Å². The molecule has 0 heterocycles. The van der Waals surface area contributed by atoms with E-state index in [-0.39, 0.29) is 24.1 Å². The van der Waals surface area contributed by atoms with Gasteiger partial charge in [-0.1, -0.05) is 60.8 Å². The minimum atomic E-state index is -0.728. The van der Waals surface area contributed by atoms with E-state index in [2.05, 4.69) is 5.32 Å². The van der Waals surface area contributed by atoms with Crippen molar-refractivity contribution in [2.24, 2.45) is 0 Å².